The lowest BCUT2D eigenvalue weighted by atomic mass is 10.1. The summed E-state index contributed by atoms with van der Waals surface area (Å²) >= 11 is 0. The van der Waals surface area contributed by atoms with Crippen LogP contribution in [0.3, 0.4) is 0 Å². The molecule has 0 saturated heterocycles. The van der Waals surface area contributed by atoms with E-state index in [0.29, 0.717) is 19.7 Å². The zero-order valence-corrected chi connectivity index (χ0v) is 15.7. The van der Waals surface area contributed by atoms with Gasteiger partial charge in [0.05, 0.1) is 18.8 Å². The summed E-state index contributed by atoms with van der Waals surface area (Å²) < 4.78 is 5.42. The maximum absolute atomic E-state index is 12.7. The highest BCUT2D eigenvalue weighted by molar-refractivity contribution is 5.89. The number of anilines is 2. The Hall–Kier alpha value is -2.83. The van der Waals surface area contributed by atoms with Crippen molar-refractivity contribution >= 4 is 17.5 Å². The van der Waals surface area contributed by atoms with E-state index in [9.17, 15) is 4.79 Å². The SMILES string of the molecule is CCOc1ccc(NC(=O)N2CCc3nc(C)nc(N(C)C)c3C2)cc1. The van der Waals surface area contributed by atoms with Crippen LogP contribution in [0, 0.1) is 6.92 Å². The molecule has 1 aromatic heterocycles. The average Bonchev–Trinajstić information content (AvgIpc) is 2.62. The average molecular weight is 355 g/mol. The smallest absolute Gasteiger partial charge is 0.322 e. The van der Waals surface area contributed by atoms with Crippen LogP contribution in [0.25, 0.3) is 0 Å². The number of carbonyl (C=O) groups excluding carboxylic acids is 1. The molecule has 0 aliphatic carbocycles. The Balaban J connectivity index is 1.72. The van der Waals surface area contributed by atoms with Gasteiger partial charge in [-0.25, -0.2) is 14.8 Å². The maximum atomic E-state index is 12.7. The van der Waals surface area contributed by atoms with Crippen LogP contribution in [0.4, 0.5) is 16.3 Å². The first-order chi connectivity index (χ1) is 12.5. The zero-order chi connectivity index (χ0) is 18.7. The molecule has 0 bridgehead atoms. The van der Waals surface area contributed by atoms with E-state index >= 15 is 0 Å². The highest BCUT2D eigenvalue weighted by Crippen LogP contribution is 2.26. The molecule has 1 aliphatic heterocycles. The monoisotopic (exact) mass is 355 g/mol. The van der Waals surface area contributed by atoms with Gasteiger partial charge in [0.1, 0.15) is 17.4 Å². The Morgan fingerprint density at radius 3 is 2.65 bits per heavy atom. The van der Waals surface area contributed by atoms with Crippen molar-refractivity contribution in [1.82, 2.24) is 14.9 Å². The molecule has 26 heavy (non-hydrogen) atoms. The van der Waals surface area contributed by atoms with Gasteiger partial charge < -0.3 is 19.9 Å². The molecule has 1 aliphatic rings. The van der Waals surface area contributed by atoms with E-state index in [4.69, 9.17) is 4.74 Å². The molecule has 0 unspecified atom stereocenters. The summed E-state index contributed by atoms with van der Waals surface area (Å²) in [4.78, 5) is 25.5. The van der Waals surface area contributed by atoms with Gasteiger partial charge in [-0.1, -0.05) is 0 Å². The summed E-state index contributed by atoms with van der Waals surface area (Å²) in [6.07, 6.45) is 0.732. The van der Waals surface area contributed by atoms with Crippen molar-refractivity contribution < 1.29 is 9.53 Å². The minimum Gasteiger partial charge on any atom is -0.494 e. The number of hydrogen-bond donors (Lipinski definition) is 1. The number of aromatic nitrogens is 2. The van der Waals surface area contributed by atoms with Gasteiger partial charge >= 0.3 is 6.03 Å². The number of rotatable bonds is 4. The molecule has 0 spiro atoms. The minimum absolute atomic E-state index is 0.120. The fourth-order valence-corrected chi connectivity index (χ4v) is 3.06. The first kappa shape index (κ1) is 18.0. The number of nitrogens with one attached hydrogen (secondary N) is 1. The van der Waals surface area contributed by atoms with E-state index in [-0.39, 0.29) is 6.03 Å². The van der Waals surface area contributed by atoms with Crippen molar-refractivity contribution in [2.45, 2.75) is 26.8 Å². The zero-order valence-electron chi connectivity index (χ0n) is 15.7. The third kappa shape index (κ3) is 3.87. The topological polar surface area (TPSA) is 70.6 Å². The minimum atomic E-state index is -0.120. The summed E-state index contributed by atoms with van der Waals surface area (Å²) in [6, 6.07) is 7.28. The number of amides is 2. The number of aryl methyl sites for hydroxylation is 1. The van der Waals surface area contributed by atoms with Crippen LogP contribution in [0.2, 0.25) is 0 Å². The molecule has 1 N–H and O–H groups in total. The summed E-state index contributed by atoms with van der Waals surface area (Å²) in [5.41, 5.74) is 2.80. The molecule has 2 aromatic rings. The summed E-state index contributed by atoms with van der Waals surface area (Å²) in [7, 11) is 3.92. The van der Waals surface area contributed by atoms with Gasteiger partial charge in [0.25, 0.3) is 0 Å². The van der Waals surface area contributed by atoms with Gasteiger partial charge in [0.2, 0.25) is 0 Å². The number of carbonyl (C=O) groups is 1. The van der Waals surface area contributed by atoms with Crippen LogP contribution in [0.15, 0.2) is 24.3 Å². The van der Waals surface area contributed by atoms with Crippen LogP contribution < -0.4 is 15.0 Å². The standard InChI is InChI=1S/C19H25N5O2/c1-5-26-15-8-6-14(7-9-15)22-19(25)24-11-10-17-16(12-24)18(23(3)4)21-13(2)20-17/h6-9H,5,10-12H2,1-4H3,(H,22,25). The largest absolute Gasteiger partial charge is 0.494 e. The van der Waals surface area contributed by atoms with Crippen molar-refractivity contribution in [3.05, 3.63) is 41.3 Å². The molecule has 2 heterocycles. The second kappa shape index (κ2) is 7.59. The summed E-state index contributed by atoms with van der Waals surface area (Å²) in [6.45, 7) is 5.61. The quantitative estimate of drug-likeness (QED) is 0.913. The summed E-state index contributed by atoms with van der Waals surface area (Å²) in [5.74, 6) is 2.44. The fraction of sp³-hybridized carbons (Fsp3) is 0.421. The molecule has 0 fully saturated rings. The first-order valence-electron chi connectivity index (χ1n) is 8.80. The van der Waals surface area contributed by atoms with Gasteiger partial charge in [0.15, 0.2) is 0 Å². The van der Waals surface area contributed by atoms with Crippen molar-refractivity contribution in [2.75, 3.05) is 37.5 Å². The summed E-state index contributed by atoms with van der Waals surface area (Å²) in [5, 5.41) is 2.95. The molecule has 3 rings (SSSR count). The molecular formula is C19H25N5O2. The highest BCUT2D eigenvalue weighted by Gasteiger charge is 2.25. The first-order valence-corrected chi connectivity index (χ1v) is 8.80. The van der Waals surface area contributed by atoms with Crippen molar-refractivity contribution in [1.29, 1.82) is 0 Å². The molecule has 1 aromatic carbocycles. The van der Waals surface area contributed by atoms with E-state index < -0.39 is 0 Å². The lowest BCUT2D eigenvalue weighted by molar-refractivity contribution is 0.206. The van der Waals surface area contributed by atoms with Crippen LogP contribution >= 0.6 is 0 Å². The van der Waals surface area contributed by atoms with Gasteiger partial charge in [-0.2, -0.15) is 0 Å². The lowest BCUT2D eigenvalue weighted by Gasteiger charge is -2.31. The molecule has 0 saturated carbocycles. The second-order valence-electron chi connectivity index (χ2n) is 6.47. The lowest BCUT2D eigenvalue weighted by Crippen LogP contribution is -2.40. The van der Waals surface area contributed by atoms with E-state index in [2.05, 4.69) is 15.3 Å². The van der Waals surface area contributed by atoms with E-state index in [1.165, 1.54) is 0 Å². The van der Waals surface area contributed by atoms with E-state index in [1.54, 1.807) is 4.90 Å². The van der Waals surface area contributed by atoms with Crippen molar-refractivity contribution in [2.24, 2.45) is 0 Å². The third-order valence-corrected chi connectivity index (χ3v) is 4.28. The number of ether oxygens (including phenoxy) is 1. The van der Waals surface area contributed by atoms with Gasteiger partial charge in [-0.3, -0.25) is 0 Å². The highest BCUT2D eigenvalue weighted by atomic mass is 16.5. The Morgan fingerprint density at radius 1 is 1.27 bits per heavy atom. The van der Waals surface area contributed by atoms with Crippen LogP contribution in [0.1, 0.15) is 24.0 Å². The maximum Gasteiger partial charge on any atom is 0.322 e. The van der Waals surface area contributed by atoms with Crippen LogP contribution in [0.5, 0.6) is 5.75 Å². The molecule has 2 amide bonds. The van der Waals surface area contributed by atoms with Crippen molar-refractivity contribution in [3.63, 3.8) is 0 Å². The fourth-order valence-electron chi connectivity index (χ4n) is 3.06. The predicted molar refractivity (Wildman–Crippen MR) is 102 cm³/mol. The molecule has 7 nitrogen and oxygen atoms in total. The van der Waals surface area contributed by atoms with Gasteiger partial charge in [-0.05, 0) is 38.1 Å². The Kier molecular flexibility index (Phi) is 5.25. The Labute approximate surface area is 154 Å². The predicted octanol–water partition coefficient (Wildman–Crippen LogP) is 2.84. The second-order valence-corrected chi connectivity index (χ2v) is 6.47. The number of nitrogens with zero attached hydrogens (tertiary/aromatic N) is 4. The molecule has 0 atom stereocenters. The van der Waals surface area contributed by atoms with E-state index in [1.807, 2.05) is 57.1 Å². The van der Waals surface area contributed by atoms with Gasteiger partial charge in [-0.15, -0.1) is 0 Å². The number of hydrogen-bond acceptors (Lipinski definition) is 5. The molecule has 138 valence electrons. The Morgan fingerprint density at radius 2 is 2.00 bits per heavy atom. The molecular weight excluding hydrogens is 330 g/mol. The van der Waals surface area contributed by atoms with Crippen LogP contribution in [-0.2, 0) is 13.0 Å². The third-order valence-electron chi connectivity index (χ3n) is 4.28. The molecule has 0 radical (unpaired) electrons. The van der Waals surface area contributed by atoms with Crippen LogP contribution in [-0.4, -0.2) is 48.1 Å². The number of fused-ring (bicyclic) bond motifs is 1. The van der Waals surface area contributed by atoms with Crippen molar-refractivity contribution in [3.8, 4) is 5.75 Å². The number of benzene rings is 1. The number of urea groups is 1. The van der Waals surface area contributed by atoms with E-state index in [0.717, 1.165) is 40.8 Å². The Bertz CT molecular complexity index is 789. The normalized spacial score (nSPS) is 13.2. The van der Waals surface area contributed by atoms with Gasteiger partial charge in [0, 0.05) is 38.3 Å². The molecule has 7 heteroatoms.